The minimum absolute atomic E-state index is 0.0719. The van der Waals surface area contributed by atoms with Crippen molar-refractivity contribution in [2.24, 2.45) is 0 Å². The summed E-state index contributed by atoms with van der Waals surface area (Å²) in [6.07, 6.45) is 1.43. The summed E-state index contributed by atoms with van der Waals surface area (Å²) in [6.45, 7) is 4.01. The van der Waals surface area contributed by atoms with E-state index < -0.39 is 23.6 Å². The van der Waals surface area contributed by atoms with Crippen LogP contribution in [-0.4, -0.2) is 52.7 Å². The summed E-state index contributed by atoms with van der Waals surface area (Å²) in [5, 5.41) is 12.3. The number of amides is 2. The Morgan fingerprint density at radius 2 is 1.73 bits per heavy atom. The first-order valence-electron chi connectivity index (χ1n) is 11.5. The van der Waals surface area contributed by atoms with Gasteiger partial charge in [0.25, 0.3) is 0 Å². The second kappa shape index (κ2) is 9.25. The molecule has 2 aromatic carbocycles. The molecule has 1 saturated heterocycles. The third-order valence-corrected chi connectivity index (χ3v) is 6.88. The van der Waals surface area contributed by atoms with Crippen molar-refractivity contribution >= 4 is 18.0 Å². The lowest BCUT2D eigenvalue weighted by Gasteiger charge is -2.34. The van der Waals surface area contributed by atoms with Crippen LogP contribution in [0.25, 0.3) is 11.1 Å². The Labute approximate surface area is 193 Å². The van der Waals surface area contributed by atoms with E-state index >= 15 is 0 Å². The van der Waals surface area contributed by atoms with Crippen molar-refractivity contribution in [2.75, 3.05) is 13.2 Å². The number of hydrogen-bond donors (Lipinski definition) is 2. The number of fused-ring (bicyclic) bond motifs is 3. The fourth-order valence-electron chi connectivity index (χ4n) is 5.06. The van der Waals surface area contributed by atoms with E-state index in [0.717, 1.165) is 22.3 Å². The van der Waals surface area contributed by atoms with E-state index in [4.69, 9.17) is 4.74 Å². The molecule has 0 radical (unpaired) electrons. The second-order valence-electron chi connectivity index (χ2n) is 8.98. The number of nitrogens with one attached hydrogen (secondary N) is 1. The van der Waals surface area contributed by atoms with Crippen molar-refractivity contribution < 1.29 is 24.2 Å². The Balaban J connectivity index is 1.44. The van der Waals surface area contributed by atoms with Crippen molar-refractivity contribution in [3.63, 3.8) is 0 Å². The van der Waals surface area contributed by atoms with Gasteiger partial charge in [0.1, 0.15) is 18.2 Å². The Hall–Kier alpha value is -3.35. The van der Waals surface area contributed by atoms with Gasteiger partial charge in [-0.25, -0.2) is 9.59 Å². The predicted octanol–water partition coefficient (Wildman–Crippen LogP) is 4.16. The fraction of sp³-hybridized carbons (Fsp3) is 0.423. The summed E-state index contributed by atoms with van der Waals surface area (Å²) in [4.78, 5) is 39.0. The average Bonchev–Trinajstić information content (AvgIpc) is 3.36. The molecule has 7 nitrogen and oxygen atoms in total. The van der Waals surface area contributed by atoms with E-state index in [0.29, 0.717) is 32.2 Å². The van der Waals surface area contributed by atoms with E-state index in [1.165, 1.54) is 4.90 Å². The highest BCUT2D eigenvalue weighted by Gasteiger charge is 2.47. The molecule has 4 rings (SSSR count). The zero-order valence-corrected chi connectivity index (χ0v) is 19.0. The number of nitrogens with zero attached hydrogens (tertiary/aromatic N) is 1. The Morgan fingerprint density at radius 1 is 1.12 bits per heavy atom. The van der Waals surface area contributed by atoms with Crippen molar-refractivity contribution in [1.82, 2.24) is 10.2 Å². The minimum atomic E-state index is -1.24. The number of aliphatic carboxylic acids is 1. The topological polar surface area (TPSA) is 95.9 Å². The lowest BCUT2D eigenvalue weighted by molar-refractivity contribution is -0.156. The Morgan fingerprint density at radius 3 is 2.30 bits per heavy atom. The molecule has 2 aromatic rings. The first-order valence-corrected chi connectivity index (χ1v) is 11.5. The number of ether oxygens (including phenoxy) is 1. The lowest BCUT2D eigenvalue weighted by atomic mass is 9.98. The standard InChI is InChI=1S/C26H30N2O5/c1-3-9-22(23(29)28-15-8-14-26(28,2)24(30)31)27-25(32)33-16-21-19-12-6-4-10-17(19)18-11-5-7-13-20(18)21/h4-7,10-13,21-22H,3,8-9,14-16H2,1-2H3,(H,27,32)(H,30,31)/t22-,26+/m0/s1. The van der Waals surface area contributed by atoms with Gasteiger partial charge in [-0.2, -0.15) is 0 Å². The van der Waals surface area contributed by atoms with Crippen molar-refractivity contribution in [1.29, 1.82) is 0 Å². The van der Waals surface area contributed by atoms with Gasteiger partial charge in [-0.15, -0.1) is 0 Å². The van der Waals surface area contributed by atoms with E-state index in [-0.39, 0.29) is 18.4 Å². The van der Waals surface area contributed by atoms with Crippen molar-refractivity contribution in [2.45, 2.75) is 57.0 Å². The summed E-state index contributed by atoms with van der Waals surface area (Å²) in [5.41, 5.74) is 3.27. The van der Waals surface area contributed by atoms with Crippen LogP contribution in [-0.2, 0) is 14.3 Å². The molecule has 0 saturated carbocycles. The number of likely N-dealkylation sites (tertiary alicyclic amines) is 1. The average molecular weight is 451 g/mol. The second-order valence-corrected chi connectivity index (χ2v) is 8.98. The third kappa shape index (κ3) is 4.19. The molecular weight excluding hydrogens is 420 g/mol. The number of carbonyl (C=O) groups excluding carboxylic acids is 2. The van der Waals surface area contributed by atoms with Gasteiger partial charge in [-0.3, -0.25) is 4.79 Å². The maximum absolute atomic E-state index is 13.2. The number of benzene rings is 2. The highest BCUT2D eigenvalue weighted by atomic mass is 16.5. The molecule has 2 N–H and O–H groups in total. The largest absolute Gasteiger partial charge is 0.480 e. The van der Waals surface area contributed by atoms with Gasteiger partial charge < -0.3 is 20.1 Å². The molecule has 1 fully saturated rings. The summed E-state index contributed by atoms with van der Waals surface area (Å²) in [7, 11) is 0. The van der Waals surface area contributed by atoms with Gasteiger partial charge in [0.15, 0.2) is 0 Å². The molecule has 0 aromatic heterocycles. The predicted molar refractivity (Wildman–Crippen MR) is 124 cm³/mol. The van der Waals surface area contributed by atoms with Gasteiger partial charge in [0, 0.05) is 12.5 Å². The molecule has 1 aliphatic heterocycles. The quantitative estimate of drug-likeness (QED) is 0.660. The van der Waals surface area contributed by atoms with Gasteiger partial charge in [-0.05, 0) is 48.4 Å². The van der Waals surface area contributed by atoms with Crippen LogP contribution in [0, 0.1) is 0 Å². The third-order valence-electron chi connectivity index (χ3n) is 6.88. The van der Waals surface area contributed by atoms with Crippen LogP contribution < -0.4 is 5.32 Å². The highest BCUT2D eigenvalue weighted by molar-refractivity contribution is 5.91. The van der Waals surface area contributed by atoms with Crippen molar-refractivity contribution in [3.05, 3.63) is 59.7 Å². The first-order chi connectivity index (χ1) is 15.9. The number of carbonyl (C=O) groups is 3. The minimum Gasteiger partial charge on any atom is -0.480 e. The number of hydrogen-bond acceptors (Lipinski definition) is 4. The van der Waals surface area contributed by atoms with Gasteiger partial charge in [0.2, 0.25) is 5.91 Å². The fourth-order valence-corrected chi connectivity index (χ4v) is 5.06. The van der Waals surface area contributed by atoms with Crippen LogP contribution in [0.3, 0.4) is 0 Å². The number of carboxylic acids is 1. The number of alkyl carbamates (subject to hydrolysis) is 1. The van der Waals surface area contributed by atoms with Crippen LogP contribution >= 0.6 is 0 Å². The molecule has 2 amide bonds. The molecule has 0 unspecified atom stereocenters. The molecule has 0 spiro atoms. The smallest absolute Gasteiger partial charge is 0.407 e. The first kappa shape index (κ1) is 22.8. The zero-order valence-electron chi connectivity index (χ0n) is 19.0. The van der Waals surface area contributed by atoms with Gasteiger partial charge in [0.05, 0.1) is 0 Å². The summed E-state index contributed by atoms with van der Waals surface area (Å²) in [5.74, 6) is -1.46. The van der Waals surface area contributed by atoms with Crippen molar-refractivity contribution in [3.8, 4) is 11.1 Å². The lowest BCUT2D eigenvalue weighted by Crippen LogP contribution is -2.57. The number of rotatable bonds is 7. The van der Waals surface area contributed by atoms with Crippen LogP contribution in [0.5, 0.6) is 0 Å². The molecule has 174 valence electrons. The maximum Gasteiger partial charge on any atom is 0.407 e. The Kier molecular flexibility index (Phi) is 6.40. The summed E-state index contributed by atoms with van der Waals surface area (Å²) in [6, 6.07) is 15.4. The Bertz CT molecular complexity index is 1020. The highest BCUT2D eigenvalue weighted by Crippen LogP contribution is 2.44. The molecule has 7 heteroatoms. The van der Waals surface area contributed by atoms with Crippen LogP contribution in [0.15, 0.2) is 48.5 Å². The van der Waals surface area contributed by atoms with E-state index in [2.05, 4.69) is 17.4 Å². The van der Waals surface area contributed by atoms with Crippen LogP contribution in [0.1, 0.15) is 56.6 Å². The zero-order chi connectivity index (χ0) is 23.6. The SMILES string of the molecule is CCC[C@H](NC(=O)OCC1c2ccccc2-c2ccccc21)C(=O)N1CCC[C@]1(C)C(=O)O. The van der Waals surface area contributed by atoms with Gasteiger partial charge in [-0.1, -0.05) is 61.9 Å². The maximum atomic E-state index is 13.2. The molecule has 2 atom stereocenters. The summed E-state index contributed by atoms with van der Waals surface area (Å²) >= 11 is 0. The molecule has 33 heavy (non-hydrogen) atoms. The normalized spacial score (nSPS) is 20.1. The van der Waals surface area contributed by atoms with E-state index in [1.807, 2.05) is 43.3 Å². The van der Waals surface area contributed by atoms with Gasteiger partial charge >= 0.3 is 12.1 Å². The monoisotopic (exact) mass is 450 g/mol. The van der Waals surface area contributed by atoms with E-state index in [9.17, 15) is 19.5 Å². The molecular formula is C26H30N2O5. The summed E-state index contributed by atoms with van der Waals surface area (Å²) < 4.78 is 5.59. The number of carboxylic acid groups (broad SMARTS) is 1. The molecule has 1 aliphatic carbocycles. The molecule has 1 heterocycles. The van der Waals surface area contributed by atoms with E-state index in [1.54, 1.807) is 6.92 Å². The molecule has 0 bridgehead atoms. The molecule has 2 aliphatic rings. The van der Waals surface area contributed by atoms with Crippen LogP contribution in [0.4, 0.5) is 4.79 Å². The van der Waals surface area contributed by atoms with Crippen LogP contribution in [0.2, 0.25) is 0 Å².